The maximum absolute atomic E-state index is 14.1. The fourth-order valence-electron chi connectivity index (χ4n) is 6.85. The highest BCUT2D eigenvalue weighted by molar-refractivity contribution is 6.26. The fraction of sp³-hybridized carbons (Fsp3) is 0.355. The summed E-state index contributed by atoms with van der Waals surface area (Å²) in [5.41, 5.74) is 0.416. The van der Waals surface area contributed by atoms with Crippen LogP contribution in [0.3, 0.4) is 0 Å². The molecule has 7 heteroatoms. The van der Waals surface area contributed by atoms with E-state index >= 15 is 0 Å². The highest BCUT2D eigenvalue weighted by atomic mass is 16.5. The van der Waals surface area contributed by atoms with Crippen LogP contribution >= 0.6 is 0 Å². The number of nitriles is 2. The third-order valence-electron chi connectivity index (χ3n) is 8.52. The van der Waals surface area contributed by atoms with Gasteiger partial charge in [0.2, 0.25) is 11.8 Å². The number of hydrogen-bond donors (Lipinski definition) is 0. The van der Waals surface area contributed by atoms with E-state index in [9.17, 15) is 20.1 Å². The second-order valence-corrected chi connectivity index (χ2v) is 10.4. The third kappa shape index (κ3) is 3.62. The van der Waals surface area contributed by atoms with Gasteiger partial charge in [-0.2, -0.15) is 10.5 Å². The van der Waals surface area contributed by atoms with Crippen molar-refractivity contribution >= 4 is 28.3 Å². The molecule has 0 N–H and O–H groups in total. The number of rotatable bonds is 8. The van der Waals surface area contributed by atoms with E-state index in [2.05, 4.69) is 12.1 Å². The zero-order chi connectivity index (χ0) is 26.3. The van der Waals surface area contributed by atoms with Crippen LogP contribution in [0, 0.1) is 34.5 Å². The summed E-state index contributed by atoms with van der Waals surface area (Å²) in [6.45, 7) is 0.856. The number of fused-ring (bicyclic) bond motifs is 6. The normalized spacial score (nSPS) is 27.5. The number of imide groups is 1. The first kappa shape index (κ1) is 24.3. The fourth-order valence-corrected chi connectivity index (χ4v) is 6.85. The molecule has 3 fully saturated rings. The maximum Gasteiger partial charge on any atom is 0.240 e. The van der Waals surface area contributed by atoms with E-state index < -0.39 is 23.0 Å². The minimum Gasteiger partial charge on any atom is -0.377 e. The van der Waals surface area contributed by atoms with Gasteiger partial charge < -0.3 is 9.47 Å². The van der Waals surface area contributed by atoms with Crippen LogP contribution in [0.1, 0.15) is 43.2 Å². The Morgan fingerprint density at radius 3 is 2.21 bits per heavy atom. The van der Waals surface area contributed by atoms with Crippen molar-refractivity contribution in [1.82, 2.24) is 0 Å². The largest absolute Gasteiger partial charge is 0.377 e. The van der Waals surface area contributed by atoms with Crippen molar-refractivity contribution in [3.63, 3.8) is 0 Å². The molecule has 0 spiro atoms. The number of carbonyl (C=O) groups excluding carboxylic acids is 2. The third-order valence-corrected chi connectivity index (χ3v) is 8.52. The molecule has 6 rings (SSSR count). The molecule has 2 amide bonds. The molecule has 4 atom stereocenters. The molecular formula is C31H27N3O4. The van der Waals surface area contributed by atoms with Gasteiger partial charge in [0, 0.05) is 30.2 Å². The number of hydrogen-bond acceptors (Lipinski definition) is 6. The summed E-state index contributed by atoms with van der Waals surface area (Å²) in [5.74, 6) is -1.81. The number of carbonyl (C=O) groups is 2. The van der Waals surface area contributed by atoms with Gasteiger partial charge in [0.1, 0.15) is 0 Å². The molecule has 3 aromatic rings. The molecule has 3 saturated heterocycles. The average molecular weight is 506 g/mol. The van der Waals surface area contributed by atoms with Crippen molar-refractivity contribution in [1.29, 1.82) is 10.5 Å². The second kappa shape index (κ2) is 9.36. The van der Waals surface area contributed by atoms with Crippen molar-refractivity contribution < 1.29 is 19.1 Å². The Hall–Kier alpha value is -4.04. The van der Waals surface area contributed by atoms with E-state index in [0.29, 0.717) is 60.9 Å². The molecular weight excluding hydrogens is 478 g/mol. The maximum atomic E-state index is 14.1. The van der Waals surface area contributed by atoms with Gasteiger partial charge in [-0.05, 0) is 37.0 Å². The molecule has 3 aromatic carbocycles. The topological polar surface area (TPSA) is 103 Å². The molecule has 2 unspecified atom stereocenters. The van der Waals surface area contributed by atoms with Gasteiger partial charge in [-0.25, -0.2) is 4.90 Å². The summed E-state index contributed by atoms with van der Waals surface area (Å²) in [4.78, 5) is 29.5. The average Bonchev–Trinajstić information content (AvgIpc) is 3.56. The van der Waals surface area contributed by atoms with Gasteiger partial charge in [-0.3, -0.25) is 9.59 Å². The first-order chi connectivity index (χ1) is 18.5. The Balaban J connectivity index is 1.33. The molecule has 3 aliphatic heterocycles. The molecule has 0 saturated carbocycles. The summed E-state index contributed by atoms with van der Waals surface area (Å²) >= 11 is 0. The Kier molecular flexibility index (Phi) is 5.99. The quantitative estimate of drug-likeness (QED) is 0.314. The van der Waals surface area contributed by atoms with Crippen LogP contribution in [-0.2, 0) is 25.7 Å². The number of ether oxygens (including phenoxy) is 2. The van der Waals surface area contributed by atoms with E-state index in [1.54, 1.807) is 12.1 Å². The summed E-state index contributed by atoms with van der Waals surface area (Å²) in [7, 11) is 0. The van der Waals surface area contributed by atoms with Gasteiger partial charge in [0.15, 0.2) is 0 Å². The Bertz CT molecular complexity index is 1510. The van der Waals surface area contributed by atoms with Crippen LogP contribution in [0.5, 0.6) is 0 Å². The van der Waals surface area contributed by atoms with Crippen LogP contribution < -0.4 is 4.90 Å². The molecule has 190 valence electrons. The van der Waals surface area contributed by atoms with E-state index in [4.69, 9.17) is 9.47 Å². The monoisotopic (exact) mass is 505 g/mol. The molecule has 2 bridgehead atoms. The van der Waals surface area contributed by atoms with Crippen molar-refractivity contribution in [2.75, 3.05) is 11.5 Å². The zero-order valence-electron chi connectivity index (χ0n) is 20.9. The molecule has 0 aromatic heterocycles. The minimum absolute atomic E-state index is 0.255. The van der Waals surface area contributed by atoms with Crippen LogP contribution in [-0.4, -0.2) is 29.6 Å². The predicted octanol–water partition coefficient (Wildman–Crippen LogP) is 5.03. The lowest BCUT2D eigenvalue weighted by molar-refractivity contribution is -0.133. The molecule has 7 nitrogen and oxygen atoms in total. The van der Waals surface area contributed by atoms with Crippen LogP contribution in [0.15, 0.2) is 66.7 Å². The highest BCUT2D eigenvalue weighted by Gasteiger charge is 2.75. The standard InChI is InChI=1S/C31H27N3O4/c32-17-6-13-30-14-15-31(38-30,16-18-37-20-21-7-2-1-3-8-21)27-26(30)28(35)34(29(27)36)25-12-11-22(19-33)23-9-4-5-10-24(23)25/h1-5,7-12,26-27H,6,13-16,18,20H2/t26?,27?,30-,31+/m0/s1. The van der Waals surface area contributed by atoms with Crippen molar-refractivity contribution in [2.24, 2.45) is 11.8 Å². The van der Waals surface area contributed by atoms with Crippen LogP contribution in [0.2, 0.25) is 0 Å². The van der Waals surface area contributed by atoms with Crippen LogP contribution in [0.4, 0.5) is 5.69 Å². The lowest BCUT2D eigenvalue weighted by Crippen LogP contribution is -2.43. The van der Waals surface area contributed by atoms with E-state index in [1.165, 1.54) is 4.90 Å². The van der Waals surface area contributed by atoms with Crippen LogP contribution in [0.25, 0.3) is 10.8 Å². The smallest absolute Gasteiger partial charge is 0.240 e. The van der Waals surface area contributed by atoms with E-state index in [-0.39, 0.29) is 18.2 Å². The molecule has 38 heavy (non-hydrogen) atoms. The molecule has 0 radical (unpaired) electrons. The summed E-state index contributed by atoms with van der Waals surface area (Å²) in [6.07, 6.45) is 2.45. The second-order valence-electron chi connectivity index (χ2n) is 10.4. The minimum atomic E-state index is -0.830. The number of amides is 2. The SMILES string of the molecule is N#CCC[C@@]12CC[C@](CCOCc3ccccc3)(O1)C1C(=O)N(c3ccc(C#N)c4ccccc34)C(=O)C12. The summed E-state index contributed by atoms with van der Waals surface area (Å²) < 4.78 is 12.6. The summed E-state index contributed by atoms with van der Waals surface area (Å²) in [5, 5.41) is 20.3. The number of benzene rings is 3. The summed E-state index contributed by atoms with van der Waals surface area (Å²) in [6, 6.07) is 25.0. The van der Waals surface area contributed by atoms with Crippen molar-refractivity contribution in [2.45, 2.75) is 49.9 Å². The Morgan fingerprint density at radius 2 is 1.53 bits per heavy atom. The number of nitrogens with zero attached hydrogens (tertiary/aromatic N) is 3. The van der Waals surface area contributed by atoms with Gasteiger partial charge in [0.25, 0.3) is 0 Å². The number of anilines is 1. The first-order valence-corrected chi connectivity index (χ1v) is 13.0. The lowest BCUT2D eigenvalue weighted by Gasteiger charge is -2.31. The van der Waals surface area contributed by atoms with E-state index in [1.807, 2.05) is 54.6 Å². The van der Waals surface area contributed by atoms with E-state index in [0.717, 1.165) is 5.56 Å². The lowest BCUT2D eigenvalue weighted by atomic mass is 9.65. The predicted molar refractivity (Wildman–Crippen MR) is 139 cm³/mol. The zero-order valence-corrected chi connectivity index (χ0v) is 20.9. The molecule has 3 aliphatic rings. The van der Waals surface area contributed by atoms with Gasteiger partial charge in [-0.15, -0.1) is 0 Å². The highest BCUT2D eigenvalue weighted by Crippen LogP contribution is 2.64. The van der Waals surface area contributed by atoms with Crippen molar-refractivity contribution in [3.05, 3.63) is 77.9 Å². The Morgan fingerprint density at radius 1 is 0.868 bits per heavy atom. The molecule has 3 heterocycles. The Labute approximate surface area is 221 Å². The van der Waals surface area contributed by atoms with Gasteiger partial charge >= 0.3 is 0 Å². The molecule has 0 aliphatic carbocycles. The first-order valence-electron chi connectivity index (χ1n) is 13.0. The van der Waals surface area contributed by atoms with Gasteiger partial charge in [-0.1, -0.05) is 54.6 Å². The van der Waals surface area contributed by atoms with Gasteiger partial charge in [0.05, 0.1) is 53.0 Å². The van der Waals surface area contributed by atoms with Crippen molar-refractivity contribution in [3.8, 4) is 12.1 Å².